The van der Waals surface area contributed by atoms with Gasteiger partial charge in [0.2, 0.25) is 0 Å². The molecule has 0 spiro atoms. The predicted octanol–water partition coefficient (Wildman–Crippen LogP) is 7.49. The Bertz CT molecular complexity index is 695. The van der Waals surface area contributed by atoms with E-state index in [2.05, 4.69) is 34.6 Å². The first kappa shape index (κ1) is 23.5. The van der Waals surface area contributed by atoms with Crippen molar-refractivity contribution in [2.24, 2.45) is 58.2 Å². The van der Waals surface area contributed by atoms with Crippen LogP contribution in [0.15, 0.2) is 0 Å². The van der Waals surface area contributed by atoms with Gasteiger partial charge >= 0.3 is 0 Å². The molecule has 4 aliphatic carbocycles. The number of carbonyl (C=O) groups excluding carboxylic acids is 2. The molecule has 4 aliphatic rings. The molecular weight excluding hydrogens is 380 g/mol. The van der Waals surface area contributed by atoms with Gasteiger partial charge in [0.15, 0.2) is 0 Å². The second-order valence-electron chi connectivity index (χ2n) is 13.2. The van der Waals surface area contributed by atoms with Crippen LogP contribution in [0.25, 0.3) is 0 Å². The lowest BCUT2D eigenvalue weighted by Gasteiger charge is -2.60. The molecule has 31 heavy (non-hydrogen) atoms. The van der Waals surface area contributed by atoms with Gasteiger partial charge in [-0.1, -0.05) is 53.9 Å². The van der Waals surface area contributed by atoms with Gasteiger partial charge in [0.25, 0.3) is 0 Å². The molecule has 4 fully saturated rings. The summed E-state index contributed by atoms with van der Waals surface area (Å²) in [6.45, 7) is 14.0. The van der Waals surface area contributed by atoms with Crippen LogP contribution >= 0.6 is 0 Å². The average Bonchev–Trinajstić information content (AvgIpc) is 3.05. The summed E-state index contributed by atoms with van der Waals surface area (Å²) in [5.74, 6) is 5.63. The molecule has 0 N–H and O–H groups in total. The Morgan fingerprint density at radius 2 is 1.65 bits per heavy atom. The Kier molecular flexibility index (Phi) is 6.52. The largest absolute Gasteiger partial charge is 0.300 e. The number of hydrogen-bond donors (Lipinski definition) is 0. The smallest absolute Gasteiger partial charge is 0.136 e. The minimum Gasteiger partial charge on any atom is -0.300 e. The highest BCUT2D eigenvalue weighted by Crippen LogP contribution is 2.68. The van der Waals surface area contributed by atoms with E-state index >= 15 is 0 Å². The van der Waals surface area contributed by atoms with E-state index in [0.29, 0.717) is 28.8 Å². The summed E-state index contributed by atoms with van der Waals surface area (Å²) >= 11 is 0. The molecule has 2 nitrogen and oxygen atoms in total. The summed E-state index contributed by atoms with van der Waals surface area (Å²) in [6.07, 6.45) is 13.3. The second-order valence-corrected chi connectivity index (χ2v) is 13.2. The van der Waals surface area contributed by atoms with E-state index in [0.717, 1.165) is 49.4 Å². The van der Waals surface area contributed by atoms with Crippen molar-refractivity contribution in [3.63, 3.8) is 0 Å². The number of ketones is 2. The average molecular weight is 429 g/mol. The molecule has 0 saturated heterocycles. The Morgan fingerprint density at radius 1 is 0.968 bits per heavy atom. The lowest BCUT2D eigenvalue weighted by Crippen LogP contribution is -2.57. The lowest BCUT2D eigenvalue weighted by molar-refractivity contribution is -0.158. The molecule has 0 radical (unpaired) electrons. The van der Waals surface area contributed by atoms with Crippen molar-refractivity contribution in [3.8, 4) is 0 Å². The number of carbonyl (C=O) groups is 2. The van der Waals surface area contributed by atoms with Gasteiger partial charge in [-0.25, -0.2) is 0 Å². The zero-order chi connectivity index (χ0) is 22.6. The molecule has 2 heteroatoms. The summed E-state index contributed by atoms with van der Waals surface area (Å²) in [7, 11) is 0. The molecule has 0 aromatic carbocycles. The SMILES string of the molecule is CC(=O)C1CC[C@@]2(C)C(C1)C(=O)C[C@H]1[C@@H]3CC[C@H]([C@H](C)CCCC(C)C)[C@@]3(C)CC[C@@H]12. The second kappa shape index (κ2) is 8.60. The fourth-order valence-corrected chi connectivity index (χ4v) is 9.43. The Labute approximate surface area is 191 Å². The van der Waals surface area contributed by atoms with Crippen molar-refractivity contribution >= 4 is 11.6 Å². The molecule has 9 atom stereocenters. The monoisotopic (exact) mass is 428 g/mol. The summed E-state index contributed by atoms with van der Waals surface area (Å²) in [5.41, 5.74) is 0.590. The Balaban J connectivity index is 1.50. The summed E-state index contributed by atoms with van der Waals surface area (Å²) in [6, 6.07) is 0. The van der Waals surface area contributed by atoms with Crippen LogP contribution in [0, 0.1) is 58.2 Å². The number of fused-ring (bicyclic) bond motifs is 5. The van der Waals surface area contributed by atoms with Crippen LogP contribution in [0.2, 0.25) is 0 Å². The third kappa shape index (κ3) is 3.97. The fourth-order valence-electron chi connectivity index (χ4n) is 9.43. The van der Waals surface area contributed by atoms with Crippen molar-refractivity contribution in [3.05, 3.63) is 0 Å². The molecule has 4 saturated carbocycles. The molecule has 0 amide bonds. The Hall–Kier alpha value is -0.660. The first-order chi connectivity index (χ1) is 14.6. The highest BCUT2D eigenvalue weighted by Gasteiger charge is 2.62. The predicted molar refractivity (Wildman–Crippen MR) is 128 cm³/mol. The molecule has 0 bridgehead atoms. The zero-order valence-corrected chi connectivity index (χ0v) is 21.2. The van der Waals surface area contributed by atoms with Gasteiger partial charge in [0.05, 0.1) is 0 Å². The maximum Gasteiger partial charge on any atom is 0.136 e. The van der Waals surface area contributed by atoms with Gasteiger partial charge in [-0.05, 0) is 98.2 Å². The lowest BCUT2D eigenvalue weighted by atomic mass is 9.43. The van der Waals surface area contributed by atoms with E-state index in [1.54, 1.807) is 6.92 Å². The molecule has 2 unspecified atom stereocenters. The molecular formula is C29H48O2. The molecule has 4 rings (SSSR count). The van der Waals surface area contributed by atoms with Gasteiger partial charge in [-0.15, -0.1) is 0 Å². The fraction of sp³-hybridized carbons (Fsp3) is 0.931. The van der Waals surface area contributed by atoms with Gasteiger partial charge < -0.3 is 0 Å². The van der Waals surface area contributed by atoms with Crippen molar-refractivity contribution in [2.75, 3.05) is 0 Å². The minimum atomic E-state index is 0.134. The highest BCUT2D eigenvalue weighted by atomic mass is 16.1. The number of hydrogen-bond acceptors (Lipinski definition) is 2. The number of rotatable bonds is 6. The normalized spacial score (nSPS) is 45.7. The standard InChI is InChI=1S/C29H48O2/c1-18(2)8-7-9-19(3)23-10-11-24-22-17-27(31)26-16-21(20(4)30)12-14-29(26,6)25(22)13-15-28(23,24)5/h18-19,21-26H,7-17H2,1-6H3/t19-,21?,22+,23-,24+,25+,26?,28-,29-/m1/s1. The maximum atomic E-state index is 13.5. The van der Waals surface area contributed by atoms with Crippen molar-refractivity contribution in [2.45, 2.75) is 112 Å². The molecule has 0 aromatic heterocycles. The molecule has 176 valence electrons. The van der Waals surface area contributed by atoms with Crippen LogP contribution < -0.4 is 0 Å². The van der Waals surface area contributed by atoms with Crippen molar-refractivity contribution < 1.29 is 9.59 Å². The number of Topliss-reactive ketones (excluding diaryl/α,β-unsaturated/α-hetero) is 2. The van der Waals surface area contributed by atoms with Gasteiger partial charge in [-0.2, -0.15) is 0 Å². The molecule has 0 heterocycles. The van der Waals surface area contributed by atoms with E-state index in [4.69, 9.17) is 0 Å². The first-order valence-electron chi connectivity index (χ1n) is 13.6. The quantitative estimate of drug-likeness (QED) is 0.439. The van der Waals surface area contributed by atoms with Gasteiger partial charge in [0, 0.05) is 18.3 Å². The topological polar surface area (TPSA) is 34.1 Å². The van der Waals surface area contributed by atoms with Crippen molar-refractivity contribution in [1.82, 2.24) is 0 Å². The molecule has 0 aromatic rings. The summed E-state index contributed by atoms with van der Waals surface area (Å²) in [5, 5.41) is 0. The third-order valence-electron chi connectivity index (χ3n) is 11.2. The van der Waals surface area contributed by atoms with Crippen LogP contribution in [-0.4, -0.2) is 11.6 Å². The molecule has 0 aliphatic heterocycles. The van der Waals surface area contributed by atoms with Crippen LogP contribution in [0.1, 0.15) is 112 Å². The Morgan fingerprint density at radius 3 is 2.32 bits per heavy atom. The van der Waals surface area contributed by atoms with E-state index in [-0.39, 0.29) is 17.3 Å². The van der Waals surface area contributed by atoms with Crippen LogP contribution in [0.4, 0.5) is 0 Å². The van der Waals surface area contributed by atoms with Crippen LogP contribution in [-0.2, 0) is 9.59 Å². The van der Waals surface area contributed by atoms with Crippen molar-refractivity contribution in [1.29, 1.82) is 0 Å². The van der Waals surface area contributed by atoms with Gasteiger partial charge in [-0.3, -0.25) is 9.59 Å². The van der Waals surface area contributed by atoms with Gasteiger partial charge in [0.1, 0.15) is 11.6 Å². The minimum absolute atomic E-state index is 0.134. The van der Waals surface area contributed by atoms with E-state index in [1.807, 2.05) is 0 Å². The maximum absolute atomic E-state index is 13.5. The van der Waals surface area contributed by atoms with E-state index < -0.39 is 0 Å². The van der Waals surface area contributed by atoms with Crippen LogP contribution in [0.5, 0.6) is 0 Å². The van der Waals surface area contributed by atoms with Crippen LogP contribution in [0.3, 0.4) is 0 Å². The summed E-state index contributed by atoms with van der Waals surface area (Å²) < 4.78 is 0. The third-order valence-corrected chi connectivity index (χ3v) is 11.2. The zero-order valence-electron chi connectivity index (χ0n) is 21.2. The summed E-state index contributed by atoms with van der Waals surface area (Å²) in [4.78, 5) is 25.5. The van der Waals surface area contributed by atoms with E-state index in [9.17, 15) is 9.59 Å². The first-order valence-corrected chi connectivity index (χ1v) is 13.6. The highest BCUT2D eigenvalue weighted by molar-refractivity contribution is 5.85. The van der Waals surface area contributed by atoms with E-state index in [1.165, 1.54) is 44.9 Å².